The number of rotatable bonds is 4. The minimum Gasteiger partial charge on any atom is -0.497 e. The smallest absolute Gasteiger partial charge is 0.134 e. The summed E-state index contributed by atoms with van der Waals surface area (Å²) in [6.45, 7) is 4.05. The fourth-order valence-electron chi connectivity index (χ4n) is 2.37. The Bertz CT molecular complexity index is 611. The summed E-state index contributed by atoms with van der Waals surface area (Å²) < 4.78 is 10.7. The van der Waals surface area contributed by atoms with Gasteiger partial charge in [0, 0.05) is 17.8 Å². The molecule has 0 spiro atoms. The Balaban J connectivity index is 2.90. The van der Waals surface area contributed by atoms with E-state index in [4.69, 9.17) is 15.3 Å². The summed E-state index contributed by atoms with van der Waals surface area (Å²) in [5.74, 6) is 7.10. The van der Waals surface area contributed by atoms with Crippen molar-refractivity contribution < 1.29 is 9.47 Å². The van der Waals surface area contributed by atoms with Crippen LogP contribution in [0.5, 0.6) is 11.5 Å². The van der Waals surface area contributed by atoms with Crippen molar-refractivity contribution in [1.29, 1.82) is 0 Å². The zero-order valence-electron chi connectivity index (χ0n) is 11.7. The van der Waals surface area contributed by atoms with Crippen LogP contribution in [0.15, 0.2) is 12.1 Å². The van der Waals surface area contributed by atoms with Gasteiger partial charge in [0.15, 0.2) is 0 Å². The molecule has 1 heterocycles. The Labute approximate surface area is 112 Å². The number of fused-ring (bicyclic) bond motifs is 1. The summed E-state index contributed by atoms with van der Waals surface area (Å²) in [6.07, 6.45) is 0.851. The number of aryl methyl sites for hydroxylation is 1. The van der Waals surface area contributed by atoms with E-state index in [1.165, 1.54) is 0 Å². The molecule has 0 saturated heterocycles. The molecule has 5 nitrogen and oxygen atoms in total. The number of hydrazine groups is 1. The van der Waals surface area contributed by atoms with E-state index in [9.17, 15) is 0 Å². The first kappa shape index (κ1) is 13.4. The monoisotopic (exact) mass is 261 g/mol. The second-order valence-corrected chi connectivity index (χ2v) is 4.27. The molecule has 0 aliphatic carbocycles. The van der Waals surface area contributed by atoms with E-state index in [2.05, 4.69) is 17.3 Å². The molecule has 1 aromatic heterocycles. The van der Waals surface area contributed by atoms with Crippen molar-refractivity contribution in [3.63, 3.8) is 0 Å². The van der Waals surface area contributed by atoms with E-state index in [0.717, 1.165) is 34.3 Å². The molecule has 2 rings (SSSR count). The molecule has 2 aromatic rings. The average Bonchev–Trinajstić information content (AvgIpc) is 2.44. The number of hydrogen-bond acceptors (Lipinski definition) is 5. The summed E-state index contributed by atoms with van der Waals surface area (Å²) in [7, 11) is 3.25. The molecule has 0 atom stereocenters. The second-order valence-electron chi connectivity index (χ2n) is 4.27. The van der Waals surface area contributed by atoms with Crippen LogP contribution in [0.25, 0.3) is 10.9 Å². The van der Waals surface area contributed by atoms with E-state index in [-0.39, 0.29) is 0 Å². The number of nitrogens with two attached hydrogens (primary N) is 1. The van der Waals surface area contributed by atoms with Gasteiger partial charge in [0.05, 0.1) is 30.8 Å². The minimum atomic E-state index is 0.699. The lowest BCUT2D eigenvalue weighted by molar-refractivity contribution is 0.398. The first-order valence-electron chi connectivity index (χ1n) is 6.18. The van der Waals surface area contributed by atoms with Crippen molar-refractivity contribution in [2.75, 3.05) is 19.6 Å². The molecule has 0 aliphatic heterocycles. The number of benzene rings is 1. The fourth-order valence-corrected chi connectivity index (χ4v) is 2.37. The highest BCUT2D eigenvalue weighted by molar-refractivity contribution is 5.99. The highest BCUT2D eigenvalue weighted by Crippen LogP contribution is 2.37. The Morgan fingerprint density at radius 1 is 1.26 bits per heavy atom. The van der Waals surface area contributed by atoms with Gasteiger partial charge < -0.3 is 14.9 Å². The number of anilines is 1. The lowest BCUT2D eigenvalue weighted by atomic mass is 10.0. The average molecular weight is 261 g/mol. The first-order chi connectivity index (χ1) is 9.15. The highest BCUT2D eigenvalue weighted by atomic mass is 16.5. The van der Waals surface area contributed by atoms with Crippen LogP contribution in [0.2, 0.25) is 0 Å². The van der Waals surface area contributed by atoms with Gasteiger partial charge >= 0.3 is 0 Å². The number of aromatic nitrogens is 1. The van der Waals surface area contributed by atoms with Gasteiger partial charge in [-0.25, -0.2) is 0 Å². The van der Waals surface area contributed by atoms with Crippen LogP contribution in [0.4, 0.5) is 5.69 Å². The van der Waals surface area contributed by atoms with Gasteiger partial charge in [0.1, 0.15) is 11.5 Å². The van der Waals surface area contributed by atoms with E-state index in [0.29, 0.717) is 11.5 Å². The molecule has 5 heteroatoms. The maximum atomic E-state index is 5.69. The lowest BCUT2D eigenvalue weighted by Crippen LogP contribution is -2.12. The van der Waals surface area contributed by atoms with Crippen molar-refractivity contribution >= 4 is 16.6 Å². The molecular formula is C14H19N3O2. The molecule has 1 aromatic carbocycles. The van der Waals surface area contributed by atoms with Gasteiger partial charge in [-0.05, 0) is 18.9 Å². The predicted molar refractivity (Wildman–Crippen MR) is 76.8 cm³/mol. The Hall–Kier alpha value is -2.01. The quantitative estimate of drug-likeness (QED) is 0.653. The maximum Gasteiger partial charge on any atom is 0.134 e. The Kier molecular flexibility index (Phi) is 3.76. The van der Waals surface area contributed by atoms with Crippen LogP contribution >= 0.6 is 0 Å². The number of pyridine rings is 1. The number of nitrogen functional groups attached to an aromatic ring is 1. The standard InChI is InChI=1S/C14H19N3O2/c1-5-10-8(2)16-11-6-9(18-3)7-12(19-4)13(11)14(10)17-15/h6-7H,5,15H2,1-4H3,(H,16,17). The van der Waals surface area contributed by atoms with Crippen molar-refractivity contribution in [1.82, 2.24) is 4.98 Å². The number of nitrogens with one attached hydrogen (secondary N) is 1. The third-order valence-corrected chi connectivity index (χ3v) is 3.29. The molecule has 0 amide bonds. The normalized spacial score (nSPS) is 10.6. The molecule has 19 heavy (non-hydrogen) atoms. The van der Waals surface area contributed by atoms with Gasteiger partial charge in [-0.15, -0.1) is 0 Å². The van der Waals surface area contributed by atoms with E-state index >= 15 is 0 Å². The number of nitrogens with zero attached hydrogens (tertiary/aromatic N) is 1. The SMILES string of the molecule is CCc1c(C)nc2cc(OC)cc(OC)c2c1NN. The molecule has 0 radical (unpaired) electrons. The molecule has 0 saturated carbocycles. The van der Waals surface area contributed by atoms with Gasteiger partial charge in [-0.2, -0.15) is 0 Å². The zero-order valence-corrected chi connectivity index (χ0v) is 11.7. The van der Waals surface area contributed by atoms with E-state index in [1.54, 1.807) is 14.2 Å². The van der Waals surface area contributed by atoms with Crippen LogP contribution in [-0.2, 0) is 6.42 Å². The third-order valence-electron chi connectivity index (χ3n) is 3.29. The van der Waals surface area contributed by atoms with E-state index in [1.807, 2.05) is 19.1 Å². The summed E-state index contributed by atoms with van der Waals surface area (Å²) in [6, 6.07) is 3.71. The largest absolute Gasteiger partial charge is 0.497 e. The molecule has 0 bridgehead atoms. The Morgan fingerprint density at radius 3 is 2.53 bits per heavy atom. The molecule has 3 N–H and O–H groups in total. The highest BCUT2D eigenvalue weighted by Gasteiger charge is 2.16. The van der Waals surface area contributed by atoms with Crippen LogP contribution in [0.1, 0.15) is 18.2 Å². The lowest BCUT2D eigenvalue weighted by Gasteiger charge is -2.16. The number of ether oxygens (including phenoxy) is 2. The maximum absolute atomic E-state index is 5.69. The summed E-state index contributed by atoms with van der Waals surface area (Å²) in [5, 5.41) is 0.883. The molecule has 0 unspecified atom stereocenters. The summed E-state index contributed by atoms with van der Waals surface area (Å²) >= 11 is 0. The number of hydrogen-bond donors (Lipinski definition) is 2. The van der Waals surface area contributed by atoms with Crippen molar-refractivity contribution in [2.45, 2.75) is 20.3 Å². The van der Waals surface area contributed by atoms with Gasteiger partial charge in [-0.3, -0.25) is 10.8 Å². The van der Waals surface area contributed by atoms with Crippen molar-refractivity contribution in [2.24, 2.45) is 5.84 Å². The van der Waals surface area contributed by atoms with Crippen LogP contribution in [0, 0.1) is 6.92 Å². The fraction of sp³-hybridized carbons (Fsp3) is 0.357. The van der Waals surface area contributed by atoms with Crippen molar-refractivity contribution in [3.05, 3.63) is 23.4 Å². The van der Waals surface area contributed by atoms with Crippen LogP contribution < -0.4 is 20.7 Å². The van der Waals surface area contributed by atoms with Crippen LogP contribution in [0.3, 0.4) is 0 Å². The Morgan fingerprint density at radius 2 is 2.00 bits per heavy atom. The van der Waals surface area contributed by atoms with Gasteiger partial charge in [0.2, 0.25) is 0 Å². The minimum absolute atomic E-state index is 0.699. The zero-order chi connectivity index (χ0) is 14.0. The predicted octanol–water partition coefficient (Wildman–Crippen LogP) is 2.41. The molecular weight excluding hydrogens is 242 g/mol. The summed E-state index contributed by atoms with van der Waals surface area (Å²) in [4.78, 5) is 4.62. The molecule has 0 aliphatic rings. The first-order valence-corrected chi connectivity index (χ1v) is 6.18. The van der Waals surface area contributed by atoms with Crippen molar-refractivity contribution in [3.8, 4) is 11.5 Å². The van der Waals surface area contributed by atoms with Crippen LogP contribution in [-0.4, -0.2) is 19.2 Å². The third kappa shape index (κ3) is 2.17. The second kappa shape index (κ2) is 5.32. The summed E-state index contributed by atoms with van der Waals surface area (Å²) in [5.41, 5.74) is 6.50. The van der Waals surface area contributed by atoms with Gasteiger partial charge in [-0.1, -0.05) is 6.92 Å². The molecule has 102 valence electrons. The van der Waals surface area contributed by atoms with E-state index < -0.39 is 0 Å². The topological polar surface area (TPSA) is 69.4 Å². The molecule has 0 fully saturated rings. The van der Waals surface area contributed by atoms with Gasteiger partial charge in [0.25, 0.3) is 0 Å². The number of methoxy groups -OCH3 is 2.